The Labute approximate surface area is 114 Å². The molecule has 7 heteroatoms. The van der Waals surface area contributed by atoms with Gasteiger partial charge in [-0.2, -0.15) is 5.10 Å². The quantitative estimate of drug-likeness (QED) is 0.855. The molecule has 1 aromatic heterocycles. The summed E-state index contributed by atoms with van der Waals surface area (Å²) in [5, 5.41) is 6.78. The van der Waals surface area contributed by atoms with Gasteiger partial charge in [0.25, 0.3) is 5.56 Å². The number of nitrogens with one attached hydrogen (secondary N) is 1. The zero-order valence-electron chi connectivity index (χ0n) is 10.6. The van der Waals surface area contributed by atoms with Gasteiger partial charge < -0.3 is 11.1 Å². The first-order valence-electron chi connectivity index (χ1n) is 6.06. The van der Waals surface area contributed by atoms with Gasteiger partial charge in [0.1, 0.15) is 11.6 Å². The molecule has 20 heavy (non-hydrogen) atoms. The molecule has 0 saturated heterocycles. The Morgan fingerprint density at radius 3 is 2.60 bits per heavy atom. The van der Waals surface area contributed by atoms with Crippen LogP contribution in [0, 0.1) is 11.6 Å². The Bertz CT molecular complexity index is 637. The number of nitrogens with two attached hydrogens (primary N) is 1. The number of nitrogens with zero attached hydrogens (tertiary/aromatic N) is 2. The van der Waals surface area contributed by atoms with E-state index >= 15 is 0 Å². The van der Waals surface area contributed by atoms with Crippen LogP contribution in [0.15, 0.2) is 35.3 Å². The standard InChI is InChI=1S/C13H14F2N4O/c14-11-2-1-3-12(15)10(11)8-19-13(20)6-9(7-18-19)17-5-4-16/h1-3,6-7,17H,4-5,8,16H2. The predicted octanol–water partition coefficient (Wildman–Crippen LogP) is 0.940. The van der Waals surface area contributed by atoms with Crippen molar-refractivity contribution in [2.45, 2.75) is 6.54 Å². The molecule has 2 aromatic rings. The van der Waals surface area contributed by atoms with Crippen LogP contribution < -0.4 is 16.6 Å². The van der Waals surface area contributed by atoms with Crippen molar-refractivity contribution >= 4 is 5.69 Å². The molecule has 0 atom stereocenters. The van der Waals surface area contributed by atoms with Crippen LogP contribution >= 0.6 is 0 Å². The highest BCUT2D eigenvalue weighted by atomic mass is 19.1. The third-order valence-electron chi connectivity index (χ3n) is 2.71. The second-order valence-corrected chi connectivity index (χ2v) is 4.16. The number of halogens is 2. The molecule has 0 aliphatic carbocycles. The van der Waals surface area contributed by atoms with Crippen LogP contribution in [-0.2, 0) is 6.54 Å². The zero-order valence-corrected chi connectivity index (χ0v) is 10.6. The van der Waals surface area contributed by atoms with Gasteiger partial charge in [-0.25, -0.2) is 13.5 Å². The fourth-order valence-electron chi connectivity index (χ4n) is 1.70. The van der Waals surface area contributed by atoms with Gasteiger partial charge >= 0.3 is 0 Å². The van der Waals surface area contributed by atoms with Crippen molar-refractivity contribution in [3.05, 3.63) is 58.0 Å². The van der Waals surface area contributed by atoms with E-state index in [2.05, 4.69) is 10.4 Å². The maximum Gasteiger partial charge on any atom is 0.269 e. The topological polar surface area (TPSA) is 72.9 Å². The third-order valence-corrected chi connectivity index (χ3v) is 2.71. The van der Waals surface area contributed by atoms with Gasteiger partial charge in [-0.3, -0.25) is 4.79 Å². The van der Waals surface area contributed by atoms with E-state index in [1.54, 1.807) is 0 Å². The molecule has 0 aliphatic heterocycles. The van der Waals surface area contributed by atoms with Crippen molar-refractivity contribution in [1.29, 1.82) is 0 Å². The van der Waals surface area contributed by atoms with Crippen LogP contribution in [0.5, 0.6) is 0 Å². The zero-order chi connectivity index (χ0) is 14.5. The maximum absolute atomic E-state index is 13.5. The molecule has 0 spiro atoms. The van der Waals surface area contributed by atoms with Crippen LogP contribution in [0.25, 0.3) is 0 Å². The Hall–Kier alpha value is -2.28. The van der Waals surface area contributed by atoms with Gasteiger partial charge in [0.05, 0.1) is 18.4 Å². The number of anilines is 1. The number of aromatic nitrogens is 2. The molecule has 0 unspecified atom stereocenters. The molecule has 106 valence electrons. The lowest BCUT2D eigenvalue weighted by Gasteiger charge is -2.08. The first-order chi connectivity index (χ1) is 9.61. The Kier molecular flexibility index (Phi) is 4.41. The van der Waals surface area contributed by atoms with Crippen LogP contribution in [0.4, 0.5) is 14.5 Å². The summed E-state index contributed by atoms with van der Waals surface area (Å²) in [6.45, 7) is 0.672. The second kappa shape index (κ2) is 6.25. The minimum Gasteiger partial charge on any atom is -0.382 e. The highest BCUT2D eigenvalue weighted by Crippen LogP contribution is 2.12. The van der Waals surface area contributed by atoms with Crippen molar-refractivity contribution in [3.8, 4) is 0 Å². The van der Waals surface area contributed by atoms with Crippen molar-refractivity contribution in [3.63, 3.8) is 0 Å². The van der Waals surface area contributed by atoms with Crippen molar-refractivity contribution in [2.75, 3.05) is 18.4 Å². The van der Waals surface area contributed by atoms with Crippen LogP contribution in [-0.4, -0.2) is 22.9 Å². The summed E-state index contributed by atoms with van der Waals surface area (Å²) in [6, 6.07) is 4.85. The largest absolute Gasteiger partial charge is 0.382 e. The van der Waals surface area contributed by atoms with E-state index in [9.17, 15) is 13.6 Å². The highest BCUT2D eigenvalue weighted by Gasteiger charge is 2.10. The SMILES string of the molecule is NCCNc1cnn(Cc2c(F)cccc2F)c(=O)c1. The molecule has 0 aliphatic rings. The van der Waals surface area contributed by atoms with E-state index in [0.717, 1.165) is 16.8 Å². The van der Waals surface area contributed by atoms with Crippen LogP contribution in [0.3, 0.4) is 0 Å². The summed E-state index contributed by atoms with van der Waals surface area (Å²) < 4.78 is 28.0. The molecule has 1 heterocycles. The lowest BCUT2D eigenvalue weighted by Crippen LogP contribution is -2.24. The minimum atomic E-state index is -0.705. The first kappa shape index (κ1) is 14.1. The number of benzene rings is 1. The molecule has 0 fully saturated rings. The van der Waals surface area contributed by atoms with Gasteiger partial charge in [-0.1, -0.05) is 6.07 Å². The smallest absolute Gasteiger partial charge is 0.269 e. The fraction of sp³-hybridized carbons (Fsp3) is 0.231. The molecule has 3 N–H and O–H groups in total. The van der Waals surface area contributed by atoms with E-state index in [0.29, 0.717) is 18.8 Å². The van der Waals surface area contributed by atoms with Crippen LogP contribution in [0.2, 0.25) is 0 Å². The van der Waals surface area contributed by atoms with Gasteiger partial charge in [-0.05, 0) is 12.1 Å². The average molecular weight is 280 g/mol. The molecular weight excluding hydrogens is 266 g/mol. The predicted molar refractivity (Wildman–Crippen MR) is 71.5 cm³/mol. The third kappa shape index (κ3) is 3.18. The molecule has 1 aromatic carbocycles. The Morgan fingerprint density at radius 2 is 2.00 bits per heavy atom. The maximum atomic E-state index is 13.5. The van der Waals surface area contributed by atoms with Gasteiger partial charge in [0.15, 0.2) is 0 Å². The summed E-state index contributed by atoms with van der Waals surface area (Å²) in [6.07, 6.45) is 1.41. The summed E-state index contributed by atoms with van der Waals surface area (Å²) in [4.78, 5) is 11.8. The number of rotatable bonds is 5. The molecule has 0 saturated carbocycles. The van der Waals surface area contributed by atoms with E-state index in [4.69, 9.17) is 5.73 Å². The minimum absolute atomic E-state index is 0.190. The fourth-order valence-corrected chi connectivity index (χ4v) is 1.70. The second-order valence-electron chi connectivity index (χ2n) is 4.16. The summed E-state index contributed by atoms with van der Waals surface area (Å²) in [5.74, 6) is -1.41. The molecule has 0 radical (unpaired) electrons. The van der Waals surface area contributed by atoms with Crippen molar-refractivity contribution in [1.82, 2.24) is 9.78 Å². The molecule has 2 rings (SSSR count). The van der Waals surface area contributed by atoms with Crippen molar-refractivity contribution < 1.29 is 8.78 Å². The molecule has 0 amide bonds. The molecule has 0 bridgehead atoms. The average Bonchev–Trinajstić information content (AvgIpc) is 2.42. The summed E-state index contributed by atoms with van der Waals surface area (Å²) in [5.41, 5.74) is 5.21. The van der Waals surface area contributed by atoms with Gasteiger partial charge in [-0.15, -0.1) is 0 Å². The summed E-state index contributed by atoms with van der Waals surface area (Å²) >= 11 is 0. The first-order valence-corrected chi connectivity index (χ1v) is 6.06. The van der Waals surface area contributed by atoms with Gasteiger partial charge in [0, 0.05) is 24.7 Å². The molecule has 5 nitrogen and oxygen atoms in total. The Balaban J connectivity index is 2.24. The van der Waals surface area contributed by atoms with Gasteiger partial charge in [0.2, 0.25) is 0 Å². The van der Waals surface area contributed by atoms with Crippen LogP contribution in [0.1, 0.15) is 5.56 Å². The highest BCUT2D eigenvalue weighted by molar-refractivity contribution is 5.38. The molecular formula is C13H14F2N4O. The Morgan fingerprint density at radius 1 is 1.30 bits per heavy atom. The van der Waals surface area contributed by atoms with E-state index in [1.807, 2.05) is 0 Å². The van der Waals surface area contributed by atoms with Crippen molar-refractivity contribution in [2.24, 2.45) is 5.73 Å². The summed E-state index contributed by atoms with van der Waals surface area (Å²) in [7, 11) is 0. The lowest BCUT2D eigenvalue weighted by molar-refractivity contribution is 0.524. The van der Waals surface area contributed by atoms with E-state index < -0.39 is 17.2 Å². The number of hydrogen-bond acceptors (Lipinski definition) is 4. The van der Waals surface area contributed by atoms with E-state index in [1.165, 1.54) is 18.3 Å². The monoisotopic (exact) mass is 280 g/mol. The number of hydrogen-bond donors (Lipinski definition) is 2. The normalized spacial score (nSPS) is 10.6. The van der Waals surface area contributed by atoms with E-state index in [-0.39, 0.29) is 12.1 Å². The lowest BCUT2D eigenvalue weighted by atomic mass is 10.2.